The van der Waals surface area contributed by atoms with Gasteiger partial charge in [-0.1, -0.05) is 0 Å². The number of aromatic nitrogens is 7. The molecule has 4 N–H and O–H groups in total. The molecule has 1 amide bonds. The van der Waals surface area contributed by atoms with E-state index in [0.29, 0.717) is 29.6 Å². The van der Waals surface area contributed by atoms with Crippen LogP contribution in [0.3, 0.4) is 0 Å². The highest BCUT2D eigenvalue weighted by atomic mass is 16.1. The number of anilines is 3. The van der Waals surface area contributed by atoms with E-state index < -0.39 is 0 Å². The average Bonchev–Trinajstić information content (AvgIpc) is 3.28. The van der Waals surface area contributed by atoms with Crippen molar-refractivity contribution in [1.29, 1.82) is 0 Å². The monoisotopic (exact) mass is 388 g/mol. The summed E-state index contributed by atoms with van der Waals surface area (Å²) in [5, 5.41) is 9.91. The molecule has 0 aromatic carbocycles. The molecule has 0 atom stereocenters. The fourth-order valence-electron chi connectivity index (χ4n) is 2.48. The summed E-state index contributed by atoms with van der Waals surface area (Å²) < 4.78 is 1.45. The second-order valence-corrected chi connectivity index (χ2v) is 5.88. The molecule has 0 unspecified atom stereocenters. The SMILES string of the molecule is Nc1ncccc1NCc1cc(NC(=O)c2cnc(-n3cncn3)cn2)ccn1. The molecule has 0 aliphatic heterocycles. The molecule has 0 saturated carbocycles. The fraction of sp³-hybridized carbons (Fsp3) is 0.0556. The van der Waals surface area contributed by atoms with E-state index in [4.69, 9.17) is 5.73 Å². The number of hydrogen-bond donors (Lipinski definition) is 3. The molecule has 0 aliphatic rings. The van der Waals surface area contributed by atoms with Crippen LogP contribution in [-0.2, 0) is 6.54 Å². The minimum Gasteiger partial charge on any atom is -0.382 e. The molecule has 11 nitrogen and oxygen atoms in total. The van der Waals surface area contributed by atoms with Gasteiger partial charge in [0, 0.05) is 18.1 Å². The topological polar surface area (TPSA) is 149 Å². The zero-order valence-corrected chi connectivity index (χ0v) is 15.1. The highest BCUT2D eigenvalue weighted by Crippen LogP contribution is 2.16. The van der Waals surface area contributed by atoms with Gasteiger partial charge in [-0.05, 0) is 24.3 Å². The van der Waals surface area contributed by atoms with Crippen LogP contribution in [0.15, 0.2) is 61.7 Å². The van der Waals surface area contributed by atoms with Gasteiger partial charge < -0.3 is 16.4 Å². The van der Waals surface area contributed by atoms with Gasteiger partial charge in [0.1, 0.15) is 24.2 Å². The van der Waals surface area contributed by atoms with E-state index >= 15 is 0 Å². The molecule has 11 heteroatoms. The Labute approximate surface area is 165 Å². The number of hydrogen-bond acceptors (Lipinski definition) is 9. The first-order chi connectivity index (χ1) is 14.2. The van der Waals surface area contributed by atoms with E-state index in [1.54, 1.807) is 30.6 Å². The Morgan fingerprint density at radius 2 is 2.03 bits per heavy atom. The summed E-state index contributed by atoms with van der Waals surface area (Å²) in [6.07, 6.45) is 8.94. The van der Waals surface area contributed by atoms with Gasteiger partial charge in [0.25, 0.3) is 5.91 Å². The number of rotatable bonds is 6. The van der Waals surface area contributed by atoms with Gasteiger partial charge in [0.05, 0.1) is 30.3 Å². The van der Waals surface area contributed by atoms with Crippen molar-refractivity contribution in [1.82, 2.24) is 34.7 Å². The minimum atomic E-state index is -0.385. The van der Waals surface area contributed by atoms with Gasteiger partial charge in [-0.15, -0.1) is 0 Å². The molecule has 0 fully saturated rings. The van der Waals surface area contributed by atoms with Crippen molar-refractivity contribution in [2.24, 2.45) is 0 Å². The predicted molar refractivity (Wildman–Crippen MR) is 105 cm³/mol. The first-order valence-corrected chi connectivity index (χ1v) is 8.57. The number of nitrogens with two attached hydrogens (primary N) is 1. The van der Waals surface area contributed by atoms with Crippen LogP contribution in [0.4, 0.5) is 17.2 Å². The summed E-state index contributed by atoms with van der Waals surface area (Å²) in [7, 11) is 0. The van der Waals surface area contributed by atoms with Gasteiger partial charge in [-0.25, -0.2) is 24.6 Å². The average molecular weight is 388 g/mol. The largest absolute Gasteiger partial charge is 0.382 e. The van der Waals surface area contributed by atoms with E-state index in [9.17, 15) is 4.79 Å². The van der Waals surface area contributed by atoms with Gasteiger partial charge in [-0.3, -0.25) is 9.78 Å². The van der Waals surface area contributed by atoms with Crippen LogP contribution in [0, 0.1) is 0 Å². The number of pyridine rings is 2. The van der Waals surface area contributed by atoms with Gasteiger partial charge >= 0.3 is 0 Å². The predicted octanol–water partition coefficient (Wildman–Crippen LogP) is 1.29. The Morgan fingerprint density at radius 1 is 1.10 bits per heavy atom. The van der Waals surface area contributed by atoms with Crippen molar-refractivity contribution >= 4 is 23.1 Å². The van der Waals surface area contributed by atoms with Crippen LogP contribution >= 0.6 is 0 Å². The molecule has 4 aromatic rings. The van der Waals surface area contributed by atoms with Crippen LogP contribution < -0.4 is 16.4 Å². The van der Waals surface area contributed by atoms with Crippen molar-refractivity contribution in [2.75, 3.05) is 16.4 Å². The maximum Gasteiger partial charge on any atom is 0.275 e. The van der Waals surface area contributed by atoms with E-state index in [-0.39, 0.29) is 11.6 Å². The zero-order chi connectivity index (χ0) is 20.1. The maximum atomic E-state index is 12.4. The van der Waals surface area contributed by atoms with Crippen LogP contribution in [0.2, 0.25) is 0 Å². The Hall–Kier alpha value is -4.41. The normalized spacial score (nSPS) is 10.5. The van der Waals surface area contributed by atoms with E-state index in [2.05, 4.69) is 40.7 Å². The van der Waals surface area contributed by atoms with Crippen molar-refractivity contribution in [3.05, 3.63) is 73.1 Å². The highest BCUT2D eigenvalue weighted by Gasteiger charge is 2.10. The lowest BCUT2D eigenvalue weighted by molar-refractivity contribution is 0.102. The molecule has 0 bridgehead atoms. The van der Waals surface area contributed by atoms with Gasteiger partial charge in [0.15, 0.2) is 5.82 Å². The minimum absolute atomic E-state index is 0.175. The standard InChI is InChI=1S/C18H16N10O/c19-17-14(2-1-4-22-17)23-7-13-6-12(3-5-21-13)27-18(29)15-8-25-16(9-24-15)28-11-20-10-26-28/h1-6,8-11,23H,7H2,(H2,19,22)(H,21,27,29). The summed E-state index contributed by atoms with van der Waals surface area (Å²) in [4.78, 5) is 32.9. The molecule has 4 heterocycles. The van der Waals surface area contributed by atoms with Crippen LogP contribution in [-0.4, -0.2) is 40.6 Å². The van der Waals surface area contributed by atoms with E-state index in [1.807, 2.05) is 6.07 Å². The lowest BCUT2D eigenvalue weighted by atomic mass is 10.3. The molecule has 4 rings (SSSR count). The molecule has 0 saturated heterocycles. The highest BCUT2D eigenvalue weighted by molar-refractivity contribution is 6.02. The van der Waals surface area contributed by atoms with Crippen LogP contribution in [0.25, 0.3) is 5.82 Å². The molecule has 0 spiro atoms. The first kappa shape index (κ1) is 18.0. The summed E-state index contributed by atoms with van der Waals surface area (Å²) in [5.41, 5.74) is 8.01. The first-order valence-electron chi connectivity index (χ1n) is 8.57. The Kier molecular flexibility index (Phi) is 5.01. The third-order valence-electron chi connectivity index (χ3n) is 3.90. The van der Waals surface area contributed by atoms with E-state index in [1.165, 1.54) is 29.7 Å². The summed E-state index contributed by atoms with van der Waals surface area (Å²) in [6.45, 7) is 0.423. The maximum absolute atomic E-state index is 12.4. The number of nitrogens with one attached hydrogen (secondary N) is 2. The van der Waals surface area contributed by atoms with Gasteiger partial charge in [0.2, 0.25) is 0 Å². The van der Waals surface area contributed by atoms with E-state index in [0.717, 1.165) is 5.69 Å². The smallest absolute Gasteiger partial charge is 0.275 e. The second kappa shape index (κ2) is 8.08. The van der Waals surface area contributed by atoms with Gasteiger partial charge in [-0.2, -0.15) is 5.10 Å². The molecule has 4 aromatic heterocycles. The number of nitrogens with zero attached hydrogens (tertiary/aromatic N) is 7. The van der Waals surface area contributed by atoms with Crippen molar-refractivity contribution in [2.45, 2.75) is 6.54 Å². The van der Waals surface area contributed by atoms with Crippen molar-refractivity contribution < 1.29 is 4.79 Å². The second-order valence-electron chi connectivity index (χ2n) is 5.88. The Morgan fingerprint density at radius 3 is 2.79 bits per heavy atom. The molecule has 0 aliphatic carbocycles. The Bertz CT molecular complexity index is 1110. The quantitative estimate of drug-likeness (QED) is 0.444. The summed E-state index contributed by atoms with van der Waals surface area (Å²) >= 11 is 0. The molecule has 29 heavy (non-hydrogen) atoms. The number of carbonyl (C=O) groups is 1. The third-order valence-corrected chi connectivity index (χ3v) is 3.90. The molecule has 144 valence electrons. The summed E-state index contributed by atoms with van der Waals surface area (Å²) in [6, 6.07) is 7.07. The molecular formula is C18H16N10O. The number of carbonyl (C=O) groups excluding carboxylic acids is 1. The fourth-order valence-corrected chi connectivity index (χ4v) is 2.48. The van der Waals surface area contributed by atoms with Crippen molar-refractivity contribution in [3.8, 4) is 5.82 Å². The third kappa shape index (κ3) is 4.30. The lowest BCUT2D eigenvalue weighted by Crippen LogP contribution is -2.15. The van der Waals surface area contributed by atoms with Crippen LogP contribution in [0.5, 0.6) is 0 Å². The summed E-state index contributed by atoms with van der Waals surface area (Å²) in [5.74, 6) is 0.486. The lowest BCUT2D eigenvalue weighted by Gasteiger charge is -2.09. The number of nitrogen functional groups attached to an aromatic ring is 1. The zero-order valence-electron chi connectivity index (χ0n) is 15.1. The van der Waals surface area contributed by atoms with Crippen molar-refractivity contribution in [3.63, 3.8) is 0 Å². The molecular weight excluding hydrogens is 372 g/mol. The van der Waals surface area contributed by atoms with Crippen LogP contribution in [0.1, 0.15) is 16.2 Å². The Balaban J connectivity index is 1.41. The molecule has 0 radical (unpaired) electrons. The number of amides is 1.